The van der Waals surface area contributed by atoms with Crippen molar-refractivity contribution in [2.75, 3.05) is 13.7 Å². The van der Waals surface area contributed by atoms with Crippen molar-refractivity contribution < 1.29 is 9.53 Å². The van der Waals surface area contributed by atoms with Crippen molar-refractivity contribution in [1.82, 2.24) is 5.32 Å². The van der Waals surface area contributed by atoms with Crippen LogP contribution in [0.1, 0.15) is 32.6 Å². The second kappa shape index (κ2) is 3.54. The molecule has 14 heavy (non-hydrogen) atoms. The molecular formula is C11H19NO2. The lowest BCUT2D eigenvalue weighted by molar-refractivity contribution is -0.143. The Morgan fingerprint density at radius 2 is 2.21 bits per heavy atom. The monoisotopic (exact) mass is 197 g/mol. The van der Waals surface area contributed by atoms with Crippen LogP contribution in [0.25, 0.3) is 0 Å². The first-order chi connectivity index (χ1) is 6.64. The summed E-state index contributed by atoms with van der Waals surface area (Å²) in [5, 5.41) is 3.36. The average Bonchev–Trinajstić information content (AvgIpc) is 3.03. The van der Waals surface area contributed by atoms with Crippen molar-refractivity contribution in [3.8, 4) is 0 Å². The zero-order chi connectivity index (χ0) is 10.2. The minimum absolute atomic E-state index is 0.0441. The summed E-state index contributed by atoms with van der Waals surface area (Å²) in [6, 6.07) is -0.0441. The first kappa shape index (κ1) is 9.97. The van der Waals surface area contributed by atoms with Gasteiger partial charge in [0.15, 0.2) is 0 Å². The van der Waals surface area contributed by atoms with E-state index in [-0.39, 0.29) is 12.0 Å². The molecule has 3 heteroatoms. The van der Waals surface area contributed by atoms with E-state index in [4.69, 9.17) is 4.74 Å². The summed E-state index contributed by atoms with van der Waals surface area (Å²) < 4.78 is 4.80. The highest BCUT2D eigenvalue weighted by Gasteiger charge is 2.41. The fourth-order valence-electron chi connectivity index (χ4n) is 1.75. The van der Waals surface area contributed by atoms with Gasteiger partial charge in [0.25, 0.3) is 0 Å². The van der Waals surface area contributed by atoms with Gasteiger partial charge >= 0.3 is 5.97 Å². The standard InChI is InChI=1S/C11H19NO2/c1-11(5-6-11)7-12-9(8-3-4-8)10(13)14-2/h8-9,12H,3-7H2,1-2H3. The van der Waals surface area contributed by atoms with Crippen LogP contribution in [0, 0.1) is 11.3 Å². The minimum atomic E-state index is -0.0863. The Kier molecular flexibility index (Phi) is 2.52. The van der Waals surface area contributed by atoms with Crippen LogP contribution in [0.5, 0.6) is 0 Å². The minimum Gasteiger partial charge on any atom is -0.468 e. The van der Waals surface area contributed by atoms with Crippen molar-refractivity contribution in [1.29, 1.82) is 0 Å². The molecule has 2 aliphatic rings. The van der Waals surface area contributed by atoms with E-state index in [1.54, 1.807) is 0 Å². The Hall–Kier alpha value is -0.570. The van der Waals surface area contributed by atoms with Gasteiger partial charge in [-0.2, -0.15) is 0 Å². The molecule has 0 heterocycles. The number of carbonyl (C=O) groups excluding carboxylic acids is 1. The maximum Gasteiger partial charge on any atom is 0.323 e. The van der Waals surface area contributed by atoms with E-state index in [0.29, 0.717) is 11.3 Å². The van der Waals surface area contributed by atoms with E-state index in [1.807, 2.05) is 0 Å². The summed E-state index contributed by atoms with van der Waals surface area (Å²) in [7, 11) is 1.47. The molecule has 0 aromatic heterocycles. The lowest BCUT2D eigenvalue weighted by Crippen LogP contribution is -2.41. The molecule has 0 aliphatic heterocycles. The number of ether oxygens (including phenoxy) is 1. The third-order valence-electron chi connectivity index (χ3n) is 3.40. The van der Waals surface area contributed by atoms with Gasteiger partial charge in [-0.25, -0.2) is 0 Å². The Morgan fingerprint density at radius 1 is 1.57 bits per heavy atom. The highest BCUT2D eigenvalue weighted by Crippen LogP contribution is 2.44. The third-order valence-corrected chi connectivity index (χ3v) is 3.40. The van der Waals surface area contributed by atoms with Gasteiger partial charge in [-0.15, -0.1) is 0 Å². The molecule has 0 aromatic carbocycles. The molecule has 0 aromatic rings. The number of nitrogens with one attached hydrogen (secondary N) is 1. The van der Waals surface area contributed by atoms with Gasteiger partial charge in [0.2, 0.25) is 0 Å². The van der Waals surface area contributed by atoms with Gasteiger partial charge in [-0.3, -0.25) is 4.79 Å². The number of rotatable bonds is 5. The molecule has 3 nitrogen and oxygen atoms in total. The van der Waals surface area contributed by atoms with Crippen LogP contribution in [0.4, 0.5) is 0 Å². The maximum atomic E-state index is 11.4. The van der Waals surface area contributed by atoms with Crippen LogP contribution in [0.15, 0.2) is 0 Å². The van der Waals surface area contributed by atoms with Crippen LogP contribution < -0.4 is 5.32 Å². The summed E-state index contributed by atoms with van der Waals surface area (Å²) in [5.41, 5.74) is 0.459. The predicted molar refractivity (Wildman–Crippen MR) is 53.9 cm³/mol. The molecule has 2 fully saturated rings. The zero-order valence-corrected chi connectivity index (χ0v) is 9.01. The average molecular weight is 197 g/mol. The second-order valence-corrected chi connectivity index (χ2v) is 5.03. The number of esters is 1. The zero-order valence-electron chi connectivity index (χ0n) is 9.01. The molecule has 0 spiro atoms. The number of hydrogen-bond donors (Lipinski definition) is 1. The molecule has 2 rings (SSSR count). The van der Waals surface area contributed by atoms with Crippen molar-refractivity contribution in [2.45, 2.75) is 38.6 Å². The fraction of sp³-hybridized carbons (Fsp3) is 0.909. The molecular weight excluding hydrogens is 178 g/mol. The third kappa shape index (κ3) is 2.27. The summed E-state index contributed by atoms with van der Waals surface area (Å²) in [6.07, 6.45) is 4.92. The first-order valence-corrected chi connectivity index (χ1v) is 5.46. The quantitative estimate of drug-likeness (QED) is 0.676. The molecule has 2 saturated carbocycles. The Morgan fingerprint density at radius 3 is 2.64 bits per heavy atom. The summed E-state index contributed by atoms with van der Waals surface area (Å²) in [5.74, 6) is 0.446. The molecule has 1 N–H and O–H groups in total. The van der Waals surface area contributed by atoms with Crippen LogP contribution >= 0.6 is 0 Å². The summed E-state index contributed by atoms with van der Waals surface area (Å²) in [4.78, 5) is 11.4. The Balaban J connectivity index is 1.81. The Labute approximate surface area is 85.2 Å². The molecule has 2 aliphatic carbocycles. The van der Waals surface area contributed by atoms with E-state index in [0.717, 1.165) is 6.54 Å². The Bertz CT molecular complexity index is 231. The van der Waals surface area contributed by atoms with E-state index >= 15 is 0 Å². The second-order valence-electron chi connectivity index (χ2n) is 5.03. The largest absolute Gasteiger partial charge is 0.468 e. The highest BCUT2D eigenvalue weighted by atomic mass is 16.5. The molecule has 0 radical (unpaired) electrons. The molecule has 80 valence electrons. The summed E-state index contributed by atoms with van der Waals surface area (Å²) in [6.45, 7) is 3.23. The van der Waals surface area contributed by atoms with Crippen LogP contribution in [-0.2, 0) is 9.53 Å². The maximum absolute atomic E-state index is 11.4. The van der Waals surface area contributed by atoms with Crippen molar-refractivity contribution in [3.63, 3.8) is 0 Å². The van der Waals surface area contributed by atoms with Gasteiger partial charge < -0.3 is 10.1 Å². The topological polar surface area (TPSA) is 38.3 Å². The smallest absolute Gasteiger partial charge is 0.323 e. The van der Waals surface area contributed by atoms with Crippen LogP contribution in [-0.4, -0.2) is 25.7 Å². The number of methoxy groups -OCH3 is 1. The number of carbonyl (C=O) groups is 1. The van der Waals surface area contributed by atoms with Crippen LogP contribution in [0.2, 0.25) is 0 Å². The van der Waals surface area contributed by atoms with Gasteiger partial charge in [0, 0.05) is 6.54 Å². The molecule has 0 bridgehead atoms. The lowest BCUT2D eigenvalue weighted by Gasteiger charge is -2.18. The van der Waals surface area contributed by atoms with E-state index in [9.17, 15) is 4.79 Å². The van der Waals surface area contributed by atoms with E-state index in [1.165, 1.54) is 32.8 Å². The fourth-order valence-corrected chi connectivity index (χ4v) is 1.75. The SMILES string of the molecule is COC(=O)C(NCC1(C)CC1)C1CC1. The first-order valence-electron chi connectivity index (χ1n) is 5.46. The van der Waals surface area contributed by atoms with Crippen molar-refractivity contribution in [3.05, 3.63) is 0 Å². The van der Waals surface area contributed by atoms with Crippen molar-refractivity contribution >= 4 is 5.97 Å². The molecule has 1 unspecified atom stereocenters. The van der Waals surface area contributed by atoms with Gasteiger partial charge in [-0.05, 0) is 37.0 Å². The molecule has 0 saturated heterocycles. The number of hydrogen-bond acceptors (Lipinski definition) is 3. The van der Waals surface area contributed by atoms with Crippen LogP contribution in [0.3, 0.4) is 0 Å². The summed E-state index contributed by atoms with van der Waals surface area (Å²) >= 11 is 0. The van der Waals surface area contributed by atoms with Gasteiger partial charge in [0.1, 0.15) is 6.04 Å². The molecule has 0 amide bonds. The molecule has 1 atom stereocenters. The normalized spacial score (nSPS) is 25.6. The van der Waals surface area contributed by atoms with Crippen molar-refractivity contribution in [2.24, 2.45) is 11.3 Å². The van der Waals surface area contributed by atoms with E-state index in [2.05, 4.69) is 12.2 Å². The lowest BCUT2D eigenvalue weighted by atomic mass is 10.1. The highest BCUT2D eigenvalue weighted by molar-refractivity contribution is 5.76. The predicted octanol–water partition coefficient (Wildman–Crippen LogP) is 1.33. The van der Waals surface area contributed by atoms with E-state index < -0.39 is 0 Å². The van der Waals surface area contributed by atoms with Gasteiger partial charge in [0.05, 0.1) is 7.11 Å². The van der Waals surface area contributed by atoms with Gasteiger partial charge in [-0.1, -0.05) is 6.92 Å².